The minimum Gasteiger partial charge on any atom is -0.515 e. The topological polar surface area (TPSA) is 80.7 Å². The second kappa shape index (κ2) is 7.94. The van der Waals surface area contributed by atoms with Gasteiger partial charge in [-0.3, -0.25) is 14.4 Å². The largest absolute Gasteiger partial charge is 0.515 e. The van der Waals surface area contributed by atoms with Crippen LogP contribution < -0.4 is 0 Å². The average molecular weight is 513 g/mol. The van der Waals surface area contributed by atoms with Crippen molar-refractivity contribution in [1.82, 2.24) is 0 Å². The number of carbonyl (C=O) groups is 3. The van der Waals surface area contributed by atoms with Gasteiger partial charge in [0.25, 0.3) is 0 Å². The second-order valence-electron chi connectivity index (χ2n) is 15.6. The third kappa shape index (κ3) is 3.24. The molecule has 5 rings (SSSR count). The number of esters is 1. The number of allylic oxidation sites excluding steroid dienone is 1. The van der Waals surface area contributed by atoms with Crippen LogP contribution in [0.25, 0.3) is 0 Å². The molecule has 5 heteroatoms. The lowest BCUT2D eigenvalue weighted by Gasteiger charge is -2.72. The van der Waals surface area contributed by atoms with Crippen LogP contribution in [-0.4, -0.2) is 29.8 Å². The zero-order valence-corrected chi connectivity index (χ0v) is 24.3. The Kier molecular flexibility index (Phi) is 5.78. The minimum atomic E-state index is -0.566. The van der Waals surface area contributed by atoms with Gasteiger partial charge >= 0.3 is 5.97 Å². The van der Waals surface area contributed by atoms with Crippen LogP contribution in [0.5, 0.6) is 0 Å². The smallest absolute Gasteiger partial charge is 0.312 e. The molecule has 5 nitrogen and oxygen atoms in total. The van der Waals surface area contributed by atoms with E-state index in [0.717, 1.165) is 51.2 Å². The fraction of sp³-hybridized carbons (Fsp3) is 0.844. The molecule has 0 spiro atoms. The van der Waals surface area contributed by atoms with Gasteiger partial charge in [0.1, 0.15) is 5.78 Å². The molecule has 1 N–H and O–H groups in total. The van der Waals surface area contributed by atoms with Crippen molar-refractivity contribution in [3.8, 4) is 0 Å². The minimum absolute atomic E-state index is 0.00975. The molecule has 0 aliphatic heterocycles. The van der Waals surface area contributed by atoms with Crippen molar-refractivity contribution >= 4 is 17.5 Å². The quantitative estimate of drug-likeness (QED) is 0.236. The summed E-state index contributed by atoms with van der Waals surface area (Å²) in [4.78, 5) is 41.1. The molecule has 0 heterocycles. The first-order valence-electron chi connectivity index (χ1n) is 14.5. The van der Waals surface area contributed by atoms with Gasteiger partial charge in [-0.05, 0) is 90.8 Å². The number of ether oxygens (including phenoxy) is 1. The molecule has 5 aliphatic rings. The molecule has 5 saturated carbocycles. The van der Waals surface area contributed by atoms with E-state index in [9.17, 15) is 19.5 Å². The van der Waals surface area contributed by atoms with Crippen LogP contribution in [0.4, 0.5) is 0 Å². The lowest BCUT2D eigenvalue weighted by molar-refractivity contribution is -0.233. The van der Waals surface area contributed by atoms with Gasteiger partial charge < -0.3 is 9.84 Å². The number of rotatable bonds is 1. The van der Waals surface area contributed by atoms with Crippen LogP contribution >= 0.6 is 0 Å². The molecule has 0 radical (unpaired) electrons. The highest BCUT2D eigenvalue weighted by atomic mass is 16.5. The second-order valence-corrected chi connectivity index (χ2v) is 15.6. The Balaban J connectivity index is 1.62. The molecule has 0 bridgehead atoms. The molecule has 5 aliphatic carbocycles. The number of hydrogen-bond donors (Lipinski definition) is 1. The van der Waals surface area contributed by atoms with Crippen LogP contribution in [-0.2, 0) is 19.1 Å². The molecule has 0 amide bonds. The summed E-state index contributed by atoms with van der Waals surface area (Å²) in [6.45, 7) is 15.7. The Morgan fingerprint density at radius 3 is 2.19 bits per heavy atom. The average Bonchev–Trinajstić information content (AvgIpc) is 2.82. The number of carbonyl (C=O) groups excluding carboxylic acids is 3. The molecule has 37 heavy (non-hydrogen) atoms. The van der Waals surface area contributed by atoms with Crippen molar-refractivity contribution in [2.75, 3.05) is 7.11 Å². The maximum absolute atomic E-state index is 14.5. The standard InChI is InChI=1S/C32H48O5/c1-27(2)11-13-32(26(36)37-8)14-12-31(7)24(20(32)17-27)21(34)15-23-29(5)16-19(18-33)25(35)28(3,4)22(29)9-10-30(23,31)6/h18,20,22-24,33H,9-17H2,1-8H3/t20-,22-,23+,24-,29-,30+,31+,32-/m0/s1. The number of Topliss-reactive ketones (excluding diaryl/α,β-unsaturated/α-hetero) is 2. The number of ketones is 2. The van der Waals surface area contributed by atoms with E-state index in [4.69, 9.17) is 4.74 Å². The van der Waals surface area contributed by atoms with E-state index < -0.39 is 10.8 Å². The molecule has 0 aromatic heterocycles. The number of hydrogen-bond acceptors (Lipinski definition) is 5. The third-order valence-corrected chi connectivity index (χ3v) is 13.3. The highest BCUT2D eigenvalue weighted by molar-refractivity contribution is 6.00. The van der Waals surface area contributed by atoms with Gasteiger partial charge in [-0.25, -0.2) is 0 Å². The molecule has 8 atom stereocenters. The number of aliphatic hydroxyl groups excluding tert-OH is 1. The monoisotopic (exact) mass is 512 g/mol. The number of fused-ring (bicyclic) bond motifs is 7. The normalized spacial score (nSPS) is 49.4. The summed E-state index contributed by atoms with van der Waals surface area (Å²) in [7, 11) is 1.50. The molecule has 206 valence electrons. The number of methoxy groups -OCH3 is 1. The summed E-state index contributed by atoms with van der Waals surface area (Å²) in [6.07, 6.45) is 8.32. The van der Waals surface area contributed by atoms with Crippen LogP contribution in [0.3, 0.4) is 0 Å². The van der Waals surface area contributed by atoms with Crippen LogP contribution in [0, 0.1) is 56.2 Å². The molecular formula is C32H48O5. The van der Waals surface area contributed by atoms with Crippen molar-refractivity contribution in [2.24, 2.45) is 56.2 Å². The van der Waals surface area contributed by atoms with Gasteiger partial charge in [0.15, 0.2) is 5.78 Å². The van der Waals surface area contributed by atoms with Crippen LogP contribution in [0.2, 0.25) is 0 Å². The number of aliphatic hydroxyl groups is 1. The van der Waals surface area contributed by atoms with Gasteiger partial charge in [-0.1, -0.05) is 48.5 Å². The maximum atomic E-state index is 14.5. The fourth-order valence-corrected chi connectivity index (χ4v) is 11.2. The van der Waals surface area contributed by atoms with Crippen LogP contribution in [0.1, 0.15) is 106 Å². The first kappa shape index (κ1) is 26.9. The SMILES string of the molecule is COC(=O)[C@]12CCC(C)(C)C[C@H]1[C@H]1C(=O)C[C@@H]3[C@@]4(C)CC(=CO)C(=O)C(C)(C)[C@@H]4CC[C@@]3(C)[C@]1(C)CC2. The lowest BCUT2D eigenvalue weighted by Crippen LogP contribution is -2.69. The summed E-state index contributed by atoms with van der Waals surface area (Å²) in [6, 6.07) is 0. The van der Waals surface area contributed by atoms with Crippen molar-refractivity contribution in [2.45, 2.75) is 106 Å². The van der Waals surface area contributed by atoms with Crippen molar-refractivity contribution in [3.05, 3.63) is 11.8 Å². The summed E-state index contributed by atoms with van der Waals surface area (Å²) in [5, 5.41) is 10.0. The lowest BCUT2D eigenvalue weighted by atomic mass is 9.31. The zero-order valence-electron chi connectivity index (χ0n) is 24.3. The first-order valence-corrected chi connectivity index (χ1v) is 14.5. The van der Waals surface area contributed by atoms with Gasteiger partial charge in [0.05, 0.1) is 18.8 Å². The summed E-state index contributed by atoms with van der Waals surface area (Å²) in [5.41, 5.74) is -1.06. The molecule has 5 fully saturated rings. The summed E-state index contributed by atoms with van der Waals surface area (Å²) in [5.74, 6) is 0.425. The van der Waals surface area contributed by atoms with Crippen LogP contribution in [0.15, 0.2) is 11.8 Å². The van der Waals surface area contributed by atoms with E-state index in [1.54, 1.807) is 0 Å². The maximum Gasteiger partial charge on any atom is 0.312 e. The Morgan fingerprint density at radius 1 is 0.919 bits per heavy atom. The van der Waals surface area contributed by atoms with E-state index in [1.807, 2.05) is 13.8 Å². The van der Waals surface area contributed by atoms with E-state index >= 15 is 0 Å². The fourth-order valence-electron chi connectivity index (χ4n) is 11.2. The molecule has 0 aromatic rings. The highest BCUT2D eigenvalue weighted by Gasteiger charge is 2.73. The predicted molar refractivity (Wildman–Crippen MR) is 143 cm³/mol. The van der Waals surface area contributed by atoms with Crippen molar-refractivity contribution in [1.29, 1.82) is 0 Å². The first-order chi connectivity index (χ1) is 17.0. The third-order valence-electron chi connectivity index (χ3n) is 13.3. The Morgan fingerprint density at radius 2 is 1.57 bits per heavy atom. The molecular weight excluding hydrogens is 464 g/mol. The Labute approximate surface area is 223 Å². The summed E-state index contributed by atoms with van der Waals surface area (Å²) >= 11 is 0. The zero-order chi connectivity index (χ0) is 27.4. The Hall–Kier alpha value is -1.65. The van der Waals surface area contributed by atoms with E-state index in [1.165, 1.54) is 7.11 Å². The molecule has 0 saturated heterocycles. The van der Waals surface area contributed by atoms with E-state index in [0.29, 0.717) is 24.2 Å². The van der Waals surface area contributed by atoms with Crippen molar-refractivity contribution in [3.63, 3.8) is 0 Å². The molecule has 0 unspecified atom stereocenters. The Bertz CT molecular complexity index is 1070. The van der Waals surface area contributed by atoms with Gasteiger partial charge in [-0.15, -0.1) is 0 Å². The van der Waals surface area contributed by atoms with E-state index in [-0.39, 0.29) is 57.1 Å². The van der Waals surface area contributed by atoms with Gasteiger partial charge in [-0.2, -0.15) is 0 Å². The highest BCUT2D eigenvalue weighted by Crippen LogP contribution is 2.76. The van der Waals surface area contributed by atoms with Gasteiger partial charge in [0.2, 0.25) is 0 Å². The van der Waals surface area contributed by atoms with Crippen molar-refractivity contribution < 1.29 is 24.2 Å². The van der Waals surface area contributed by atoms with E-state index in [2.05, 4.69) is 34.6 Å². The molecule has 0 aromatic carbocycles. The predicted octanol–water partition coefficient (Wildman–Crippen LogP) is 6.84. The summed E-state index contributed by atoms with van der Waals surface area (Å²) < 4.78 is 5.43. The van der Waals surface area contributed by atoms with Gasteiger partial charge in [0, 0.05) is 23.3 Å².